The number of sulfonamides is 1. The minimum atomic E-state index is -3.26. The Morgan fingerprint density at radius 2 is 1.85 bits per heavy atom. The lowest BCUT2D eigenvalue weighted by molar-refractivity contribution is -0.114. The number of carbonyl (C=O) groups excluding carboxylic acids is 1. The van der Waals surface area contributed by atoms with Gasteiger partial charge in [0, 0.05) is 30.4 Å². The van der Waals surface area contributed by atoms with E-state index in [4.69, 9.17) is 0 Å². The van der Waals surface area contributed by atoms with Crippen molar-refractivity contribution in [3.05, 3.63) is 66.9 Å². The highest BCUT2D eigenvalue weighted by Crippen LogP contribution is 2.30. The smallest absolute Gasteiger partial charge is 0.245 e. The number of hydrogen-bond acceptors (Lipinski definition) is 6. The van der Waals surface area contributed by atoms with Crippen molar-refractivity contribution in [1.82, 2.24) is 14.6 Å². The highest BCUT2D eigenvalue weighted by Gasteiger charge is 2.28. The van der Waals surface area contributed by atoms with Crippen LogP contribution in [0.1, 0.15) is 13.3 Å². The SMILES string of the molecule is CC(=O)Nc1cccc(Nc2ncc3ccc(-c4cccc(N5CCCS5(=O)=O)c4)n3n2)c1. The van der Waals surface area contributed by atoms with Crippen molar-refractivity contribution in [2.45, 2.75) is 13.3 Å². The van der Waals surface area contributed by atoms with Gasteiger partial charge < -0.3 is 10.6 Å². The van der Waals surface area contributed by atoms with Gasteiger partial charge in [0.1, 0.15) is 0 Å². The van der Waals surface area contributed by atoms with Crippen molar-refractivity contribution in [1.29, 1.82) is 0 Å². The van der Waals surface area contributed by atoms with E-state index in [1.54, 1.807) is 22.8 Å². The molecule has 4 aromatic rings. The van der Waals surface area contributed by atoms with E-state index in [9.17, 15) is 13.2 Å². The number of hydrogen-bond donors (Lipinski definition) is 2. The number of fused-ring (bicyclic) bond motifs is 1. The van der Waals surface area contributed by atoms with E-state index in [1.165, 1.54) is 11.2 Å². The summed E-state index contributed by atoms with van der Waals surface area (Å²) in [6, 6.07) is 18.6. The highest BCUT2D eigenvalue weighted by molar-refractivity contribution is 7.93. The van der Waals surface area contributed by atoms with Gasteiger partial charge in [-0.15, -0.1) is 5.10 Å². The standard InChI is InChI=1S/C23H22N6O3S/c1-16(30)25-18-6-3-7-19(14-18)26-23-24-15-21-9-10-22(29(21)27-23)17-5-2-8-20(13-17)28-11-4-12-33(28,31)32/h2-3,5-10,13-15H,4,11-12H2,1H3,(H,25,30)(H,26,27). The number of anilines is 4. The first-order chi connectivity index (χ1) is 15.9. The van der Waals surface area contributed by atoms with Crippen LogP contribution in [0.4, 0.5) is 23.0 Å². The van der Waals surface area contributed by atoms with Gasteiger partial charge in [-0.1, -0.05) is 18.2 Å². The van der Waals surface area contributed by atoms with E-state index >= 15 is 0 Å². The number of rotatable bonds is 5. The zero-order valence-electron chi connectivity index (χ0n) is 17.9. The van der Waals surface area contributed by atoms with Crippen LogP contribution in [-0.4, -0.2) is 41.2 Å². The van der Waals surface area contributed by atoms with Crippen molar-refractivity contribution in [2.24, 2.45) is 0 Å². The van der Waals surface area contributed by atoms with Gasteiger partial charge in [0.2, 0.25) is 21.9 Å². The number of nitrogens with zero attached hydrogens (tertiary/aromatic N) is 4. The Labute approximate surface area is 191 Å². The quantitative estimate of drug-likeness (QED) is 0.469. The molecule has 2 aromatic heterocycles. The second-order valence-corrected chi connectivity index (χ2v) is 9.83. The molecule has 2 N–H and O–H groups in total. The summed E-state index contributed by atoms with van der Waals surface area (Å²) in [7, 11) is -3.26. The summed E-state index contributed by atoms with van der Waals surface area (Å²) in [5.74, 6) is 0.417. The van der Waals surface area contributed by atoms with Crippen molar-refractivity contribution >= 4 is 44.5 Å². The molecule has 9 nitrogen and oxygen atoms in total. The van der Waals surface area contributed by atoms with Gasteiger partial charge in [-0.25, -0.2) is 17.9 Å². The van der Waals surface area contributed by atoms with Crippen molar-refractivity contribution in [2.75, 3.05) is 27.2 Å². The molecular weight excluding hydrogens is 440 g/mol. The molecule has 1 amide bonds. The Kier molecular flexibility index (Phi) is 5.21. The van der Waals surface area contributed by atoms with Crippen LogP contribution in [0.15, 0.2) is 66.9 Å². The summed E-state index contributed by atoms with van der Waals surface area (Å²) in [6.07, 6.45) is 2.34. The maximum atomic E-state index is 12.3. The van der Waals surface area contributed by atoms with Gasteiger partial charge in [-0.05, 0) is 48.9 Å². The fourth-order valence-electron chi connectivity index (χ4n) is 3.93. The van der Waals surface area contributed by atoms with E-state index in [0.29, 0.717) is 30.3 Å². The van der Waals surface area contributed by atoms with Crippen molar-refractivity contribution in [3.63, 3.8) is 0 Å². The number of benzene rings is 2. The first-order valence-corrected chi connectivity index (χ1v) is 12.1. The third kappa shape index (κ3) is 4.24. The normalized spacial score (nSPS) is 15.0. The van der Waals surface area contributed by atoms with Gasteiger partial charge in [0.25, 0.3) is 0 Å². The summed E-state index contributed by atoms with van der Waals surface area (Å²) in [6.45, 7) is 1.95. The Hall–Kier alpha value is -3.92. The molecule has 1 saturated heterocycles. The van der Waals surface area contributed by atoms with Gasteiger partial charge >= 0.3 is 0 Å². The molecule has 1 aliphatic rings. The minimum absolute atomic E-state index is 0.147. The monoisotopic (exact) mass is 462 g/mol. The van der Waals surface area contributed by atoms with Gasteiger partial charge in [0.15, 0.2) is 0 Å². The molecule has 0 radical (unpaired) electrons. The van der Waals surface area contributed by atoms with Crippen LogP contribution in [0.25, 0.3) is 16.8 Å². The largest absolute Gasteiger partial charge is 0.326 e. The van der Waals surface area contributed by atoms with Crippen molar-refractivity contribution < 1.29 is 13.2 Å². The molecular formula is C23H22N6O3S. The lowest BCUT2D eigenvalue weighted by Gasteiger charge is -2.17. The molecule has 0 bridgehead atoms. The molecule has 33 heavy (non-hydrogen) atoms. The lowest BCUT2D eigenvalue weighted by atomic mass is 10.1. The minimum Gasteiger partial charge on any atom is -0.326 e. The molecule has 0 aliphatic carbocycles. The van der Waals surface area contributed by atoms with Crippen molar-refractivity contribution in [3.8, 4) is 11.3 Å². The molecule has 0 unspecified atom stereocenters. The van der Waals surface area contributed by atoms with Crippen LogP contribution in [0.5, 0.6) is 0 Å². The van der Waals surface area contributed by atoms with E-state index < -0.39 is 10.0 Å². The first-order valence-electron chi connectivity index (χ1n) is 10.5. The molecule has 1 fully saturated rings. The van der Waals surface area contributed by atoms with Crippen LogP contribution in [-0.2, 0) is 14.8 Å². The predicted octanol–water partition coefficient (Wildman–Crippen LogP) is 3.64. The fourth-order valence-corrected chi connectivity index (χ4v) is 5.49. The summed E-state index contributed by atoms with van der Waals surface area (Å²) in [5, 5.41) is 10.5. The van der Waals surface area contributed by atoms with E-state index in [1.807, 2.05) is 48.5 Å². The van der Waals surface area contributed by atoms with Crippen LogP contribution in [0.2, 0.25) is 0 Å². The van der Waals surface area contributed by atoms with Crippen LogP contribution >= 0.6 is 0 Å². The van der Waals surface area contributed by atoms with E-state index in [2.05, 4.69) is 20.7 Å². The molecule has 5 rings (SSSR count). The summed E-state index contributed by atoms with van der Waals surface area (Å²) in [5.41, 5.74) is 4.54. The Bertz CT molecular complexity index is 1460. The summed E-state index contributed by atoms with van der Waals surface area (Å²) < 4.78 is 27.9. The highest BCUT2D eigenvalue weighted by atomic mass is 32.2. The number of nitrogens with one attached hydrogen (secondary N) is 2. The zero-order valence-corrected chi connectivity index (χ0v) is 18.7. The number of carbonyl (C=O) groups is 1. The third-order valence-corrected chi connectivity index (χ3v) is 7.24. The van der Waals surface area contributed by atoms with Crippen LogP contribution in [0.3, 0.4) is 0 Å². The second kappa shape index (κ2) is 8.21. The van der Waals surface area contributed by atoms with Crippen LogP contribution < -0.4 is 14.9 Å². The first kappa shape index (κ1) is 21.0. The maximum absolute atomic E-state index is 12.3. The molecule has 3 heterocycles. The van der Waals surface area contributed by atoms with E-state index in [-0.39, 0.29) is 11.7 Å². The van der Waals surface area contributed by atoms with Gasteiger partial charge in [-0.2, -0.15) is 0 Å². The molecule has 10 heteroatoms. The molecule has 0 spiro atoms. The zero-order chi connectivity index (χ0) is 23.0. The molecule has 168 valence electrons. The number of aromatic nitrogens is 3. The average molecular weight is 463 g/mol. The van der Waals surface area contributed by atoms with Gasteiger partial charge in [0.05, 0.1) is 28.8 Å². The lowest BCUT2D eigenvalue weighted by Crippen LogP contribution is -2.24. The Balaban J connectivity index is 1.47. The summed E-state index contributed by atoms with van der Waals surface area (Å²) in [4.78, 5) is 15.7. The average Bonchev–Trinajstić information content (AvgIpc) is 3.36. The van der Waals surface area contributed by atoms with Crippen LogP contribution in [0, 0.1) is 0 Å². The maximum Gasteiger partial charge on any atom is 0.245 e. The van der Waals surface area contributed by atoms with E-state index in [0.717, 1.165) is 22.5 Å². The second-order valence-electron chi connectivity index (χ2n) is 7.82. The Morgan fingerprint density at radius 1 is 1.03 bits per heavy atom. The number of amides is 1. The molecule has 0 atom stereocenters. The molecule has 2 aromatic carbocycles. The summed E-state index contributed by atoms with van der Waals surface area (Å²) >= 11 is 0. The fraction of sp³-hybridized carbons (Fsp3) is 0.174. The topological polar surface area (TPSA) is 109 Å². The molecule has 1 aliphatic heterocycles. The third-order valence-electron chi connectivity index (χ3n) is 5.37. The predicted molar refractivity (Wildman–Crippen MR) is 128 cm³/mol. The van der Waals surface area contributed by atoms with Gasteiger partial charge in [-0.3, -0.25) is 9.10 Å². The molecule has 0 saturated carbocycles. The Morgan fingerprint density at radius 3 is 2.64 bits per heavy atom.